The summed E-state index contributed by atoms with van der Waals surface area (Å²) in [6.45, 7) is 1.99. The molecule has 0 heterocycles. The van der Waals surface area contributed by atoms with Gasteiger partial charge in [0.2, 0.25) is 0 Å². The Hall–Kier alpha value is -2.01. The van der Waals surface area contributed by atoms with Gasteiger partial charge in [-0.25, -0.2) is 4.79 Å². The van der Waals surface area contributed by atoms with Gasteiger partial charge in [-0.1, -0.05) is 12.1 Å². The van der Waals surface area contributed by atoms with E-state index in [2.05, 4.69) is 21.2 Å². The largest absolute Gasteiger partial charge is 0.465 e. The van der Waals surface area contributed by atoms with E-state index in [0.717, 1.165) is 15.7 Å². The molecule has 0 saturated heterocycles. The van der Waals surface area contributed by atoms with Crippen LogP contribution in [0.5, 0.6) is 0 Å². The van der Waals surface area contributed by atoms with Gasteiger partial charge in [-0.05, 0) is 52.7 Å². The van der Waals surface area contributed by atoms with E-state index in [1.807, 2.05) is 25.1 Å². The first-order valence-electron chi connectivity index (χ1n) is 6.03. The molecule has 20 heavy (non-hydrogen) atoms. The number of hydrogen-bond donors (Lipinski definition) is 2. The van der Waals surface area contributed by atoms with Crippen molar-refractivity contribution in [1.82, 2.24) is 0 Å². The molecule has 3 N–H and O–H groups in total. The van der Waals surface area contributed by atoms with Crippen molar-refractivity contribution >= 4 is 39.0 Å². The van der Waals surface area contributed by atoms with Crippen molar-refractivity contribution in [2.24, 2.45) is 0 Å². The summed E-state index contributed by atoms with van der Waals surface area (Å²) in [7, 11) is 1.35. The number of benzene rings is 2. The van der Waals surface area contributed by atoms with E-state index in [-0.39, 0.29) is 0 Å². The number of hydrogen-bond acceptors (Lipinski definition) is 4. The van der Waals surface area contributed by atoms with Crippen LogP contribution in [0.15, 0.2) is 40.9 Å². The topological polar surface area (TPSA) is 64.3 Å². The van der Waals surface area contributed by atoms with Gasteiger partial charge in [0.15, 0.2) is 0 Å². The molecule has 0 aromatic heterocycles. The SMILES string of the molecule is COC(=O)c1cccc(N)c1Nc1cc(C)ccc1Br. The first kappa shape index (κ1) is 14.4. The second-order valence-electron chi connectivity index (χ2n) is 4.37. The van der Waals surface area contributed by atoms with Gasteiger partial charge in [-0.3, -0.25) is 0 Å². The highest BCUT2D eigenvalue weighted by atomic mass is 79.9. The Morgan fingerprint density at radius 1 is 1.30 bits per heavy atom. The van der Waals surface area contributed by atoms with Crippen molar-refractivity contribution < 1.29 is 9.53 Å². The van der Waals surface area contributed by atoms with E-state index in [1.165, 1.54) is 7.11 Å². The molecule has 0 spiro atoms. The highest BCUT2D eigenvalue weighted by molar-refractivity contribution is 9.10. The standard InChI is InChI=1S/C15H15BrN2O2/c1-9-6-7-11(16)13(8-9)18-14-10(15(19)20-2)4-3-5-12(14)17/h3-8,18H,17H2,1-2H3. The fourth-order valence-electron chi connectivity index (χ4n) is 1.86. The number of halogens is 1. The van der Waals surface area contributed by atoms with Gasteiger partial charge in [-0.15, -0.1) is 0 Å². The fourth-order valence-corrected chi connectivity index (χ4v) is 2.21. The summed E-state index contributed by atoms with van der Waals surface area (Å²) in [5, 5.41) is 3.19. The molecule has 0 bridgehead atoms. The summed E-state index contributed by atoms with van der Waals surface area (Å²) in [5.41, 5.74) is 9.34. The van der Waals surface area contributed by atoms with Crippen molar-refractivity contribution in [3.05, 3.63) is 52.0 Å². The van der Waals surface area contributed by atoms with Gasteiger partial charge in [0.25, 0.3) is 0 Å². The van der Waals surface area contributed by atoms with Crippen molar-refractivity contribution in [3.63, 3.8) is 0 Å². The molecule has 4 nitrogen and oxygen atoms in total. The summed E-state index contributed by atoms with van der Waals surface area (Å²) < 4.78 is 5.67. The van der Waals surface area contributed by atoms with E-state index in [4.69, 9.17) is 10.5 Å². The number of aryl methyl sites for hydroxylation is 1. The molecule has 0 aliphatic rings. The first-order valence-corrected chi connectivity index (χ1v) is 6.82. The van der Waals surface area contributed by atoms with E-state index >= 15 is 0 Å². The lowest BCUT2D eigenvalue weighted by atomic mass is 10.1. The fraction of sp³-hybridized carbons (Fsp3) is 0.133. The highest BCUT2D eigenvalue weighted by Gasteiger charge is 2.15. The van der Waals surface area contributed by atoms with Crippen LogP contribution >= 0.6 is 15.9 Å². The maximum atomic E-state index is 11.8. The van der Waals surface area contributed by atoms with Crippen LogP contribution in [0.25, 0.3) is 0 Å². The molecule has 0 fully saturated rings. The smallest absolute Gasteiger partial charge is 0.340 e. The minimum atomic E-state index is -0.427. The van der Waals surface area contributed by atoms with E-state index < -0.39 is 5.97 Å². The quantitative estimate of drug-likeness (QED) is 0.660. The van der Waals surface area contributed by atoms with Crippen molar-refractivity contribution in [1.29, 1.82) is 0 Å². The molecule has 2 aromatic carbocycles. The minimum Gasteiger partial charge on any atom is -0.465 e. The number of carbonyl (C=O) groups excluding carboxylic acids is 1. The average molecular weight is 335 g/mol. The van der Waals surface area contributed by atoms with E-state index in [0.29, 0.717) is 16.9 Å². The zero-order valence-electron chi connectivity index (χ0n) is 11.2. The lowest BCUT2D eigenvalue weighted by Crippen LogP contribution is -2.08. The third-order valence-electron chi connectivity index (χ3n) is 2.88. The molecule has 0 atom stereocenters. The second-order valence-corrected chi connectivity index (χ2v) is 5.22. The van der Waals surface area contributed by atoms with E-state index in [1.54, 1.807) is 18.2 Å². The normalized spacial score (nSPS) is 10.2. The Balaban J connectivity index is 2.47. The zero-order chi connectivity index (χ0) is 14.7. The Morgan fingerprint density at radius 3 is 2.75 bits per heavy atom. The molecular formula is C15H15BrN2O2. The number of rotatable bonds is 3. The molecule has 0 amide bonds. The highest BCUT2D eigenvalue weighted by Crippen LogP contribution is 2.32. The van der Waals surface area contributed by atoms with Crippen LogP contribution in [0.2, 0.25) is 0 Å². The maximum absolute atomic E-state index is 11.8. The minimum absolute atomic E-state index is 0.404. The number of methoxy groups -OCH3 is 1. The molecule has 2 rings (SSSR count). The van der Waals surface area contributed by atoms with Crippen LogP contribution in [0.4, 0.5) is 17.1 Å². The average Bonchev–Trinajstić information content (AvgIpc) is 2.44. The Labute approximate surface area is 126 Å². The van der Waals surface area contributed by atoms with Crippen molar-refractivity contribution in [3.8, 4) is 0 Å². The number of nitrogen functional groups attached to an aromatic ring is 1. The Morgan fingerprint density at radius 2 is 2.05 bits per heavy atom. The lowest BCUT2D eigenvalue weighted by Gasteiger charge is -2.15. The van der Waals surface area contributed by atoms with Crippen molar-refractivity contribution in [2.75, 3.05) is 18.2 Å². The van der Waals surface area contributed by atoms with Gasteiger partial charge in [-0.2, -0.15) is 0 Å². The number of nitrogens with two attached hydrogens (primary N) is 1. The molecule has 0 aliphatic carbocycles. The summed E-state index contributed by atoms with van der Waals surface area (Å²) in [6, 6.07) is 11.0. The van der Waals surface area contributed by atoms with Crippen LogP contribution in [-0.4, -0.2) is 13.1 Å². The molecule has 0 radical (unpaired) electrons. The number of anilines is 3. The van der Waals surface area contributed by atoms with Gasteiger partial charge in [0.05, 0.1) is 29.7 Å². The second kappa shape index (κ2) is 5.96. The number of nitrogens with one attached hydrogen (secondary N) is 1. The van der Waals surface area contributed by atoms with Crippen LogP contribution < -0.4 is 11.1 Å². The maximum Gasteiger partial charge on any atom is 0.340 e. The zero-order valence-corrected chi connectivity index (χ0v) is 12.8. The molecule has 5 heteroatoms. The number of esters is 1. The first-order chi connectivity index (χ1) is 9.52. The third-order valence-corrected chi connectivity index (χ3v) is 3.58. The van der Waals surface area contributed by atoms with Crippen LogP contribution in [0.3, 0.4) is 0 Å². The van der Waals surface area contributed by atoms with Gasteiger partial charge >= 0.3 is 5.97 Å². The van der Waals surface area contributed by atoms with Crippen LogP contribution in [-0.2, 0) is 4.74 Å². The predicted octanol–water partition coefficient (Wildman–Crippen LogP) is 3.87. The monoisotopic (exact) mass is 334 g/mol. The van der Waals surface area contributed by atoms with Gasteiger partial charge in [0.1, 0.15) is 0 Å². The van der Waals surface area contributed by atoms with Crippen molar-refractivity contribution in [2.45, 2.75) is 6.92 Å². The summed E-state index contributed by atoms with van der Waals surface area (Å²) in [5.74, 6) is -0.427. The summed E-state index contributed by atoms with van der Waals surface area (Å²) >= 11 is 3.47. The van der Waals surface area contributed by atoms with Crippen LogP contribution in [0.1, 0.15) is 15.9 Å². The predicted molar refractivity (Wildman–Crippen MR) is 84.4 cm³/mol. The Bertz CT molecular complexity index is 656. The summed E-state index contributed by atoms with van der Waals surface area (Å²) in [4.78, 5) is 11.8. The number of carbonyl (C=O) groups is 1. The number of ether oxygens (including phenoxy) is 1. The molecule has 2 aromatic rings. The van der Waals surface area contributed by atoms with Gasteiger partial charge in [0, 0.05) is 4.47 Å². The molecule has 104 valence electrons. The molecular weight excluding hydrogens is 320 g/mol. The molecule has 0 unspecified atom stereocenters. The third kappa shape index (κ3) is 2.93. The Kier molecular flexibility index (Phi) is 4.29. The molecule has 0 aliphatic heterocycles. The molecule has 0 saturated carbocycles. The van der Waals surface area contributed by atoms with E-state index in [9.17, 15) is 4.79 Å². The van der Waals surface area contributed by atoms with Crippen LogP contribution in [0, 0.1) is 6.92 Å². The number of para-hydroxylation sites is 1. The summed E-state index contributed by atoms with van der Waals surface area (Å²) in [6.07, 6.45) is 0. The van der Waals surface area contributed by atoms with Gasteiger partial charge < -0.3 is 15.8 Å². The lowest BCUT2D eigenvalue weighted by molar-refractivity contribution is 0.0602.